The van der Waals surface area contributed by atoms with Crippen LogP contribution in [0.1, 0.15) is 72.1 Å². The Kier molecular flexibility index (Phi) is 6.08. The molecule has 1 N–H and O–H groups in total. The van der Waals surface area contributed by atoms with E-state index in [0.29, 0.717) is 6.04 Å². The Hall–Kier alpha value is -0.590. The number of likely N-dealkylation sites (tertiary alicyclic amines) is 1. The van der Waals surface area contributed by atoms with Crippen molar-refractivity contribution >= 4 is 0 Å². The zero-order valence-electron chi connectivity index (χ0n) is 14.2. The van der Waals surface area contributed by atoms with Crippen molar-refractivity contribution in [3.63, 3.8) is 0 Å². The Labute approximate surface area is 131 Å². The second kappa shape index (κ2) is 7.61. The molecule has 0 aromatic carbocycles. The molecule has 2 fully saturated rings. The molecule has 3 nitrogen and oxygen atoms in total. The Morgan fingerprint density at radius 2 is 2.00 bits per heavy atom. The first-order valence-electron chi connectivity index (χ1n) is 9.01. The minimum atomic E-state index is -0.378. The van der Waals surface area contributed by atoms with E-state index >= 15 is 0 Å². The fraction of sp³-hybridized carbons (Fsp3) is 0.944. The van der Waals surface area contributed by atoms with Crippen LogP contribution in [-0.2, 0) is 0 Å². The van der Waals surface area contributed by atoms with Crippen molar-refractivity contribution in [2.45, 2.75) is 89.8 Å². The van der Waals surface area contributed by atoms with Gasteiger partial charge in [0.1, 0.15) is 5.54 Å². The molecule has 0 radical (unpaired) electrons. The van der Waals surface area contributed by atoms with E-state index in [1.807, 2.05) is 0 Å². The van der Waals surface area contributed by atoms with Crippen molar-refractivity contribution in [3.8, 4) is 6.07 Å². The average Bonchev–Trinajstić information content (AvgIpc) is 2.52. The average molecular weight is 291 g/mol. The zero-order valence-corrected chi connectivity index (χ0v) is 14.2. The Bertz CT molecular complexity index is 360. The summed E-state index contributed by atoms with van der Waals surface area (Å²) in [5, 5.41) is 13.0. The van der Waals surface area contributed by atoms with Crippen molar-refractivity contribution in [1.29, 1.82) is 5.26 Å². The summed E-state index contributed by atoms with van der Waals surface area (Å²) in [6.07, 6.45) is 10.4. The van der Waals surface area contributed by atoms with Gasteiger partial charge < -0.3 is 0 Å². The fourth-order valence-electron chi connectivity index (χ4n) is 4.48. The van der Waals surface area contributed by atoms with Gasteiger partial charge in [0.25, 0.3) is 0 Å². The van der Waals surface area contributed by atoms with Gasteiger partial charge in [-0.1, -0.05) is 19.8 Å². The third-order valence-corrected chi connectivity index (χ3v) is 5.57. The molecular weight excluding hydrogens is 258 g/mol. The molecular formula is C18H33N3. The van der Waals surface area contributed by atoms with Gasteiger partial charge in [0.05, 0.1) is 6.07 Å². The van der Waals surface area contributed by atoms with Gasteiger partial charge in [-0.3, -0.25) is 10.2 Å². The van der Waals surface area contributed by atoms with Gasteiger partial charge in [0, 0.05) is 12.1 Å². The summed E-state index contributed by atoms with van der Waals surface area (Å²) < 4.78 is 0. The van der Waals surface area contributed by atoms with Crippen LogP contribution in [0, 0.1) is 17.2 Å². The van der Waals surface area contributed by atoms with Gasteiger partial charge in [-0.2, -0.15) is 5.26 Å². The Balaban J connectivity index is 1.97. The monoisotopic (exact) mass is 291 g/mol. The van der Waals surface area contributed by atoms with Crippen LogP contribution < -0.4 is 5.32 Å². The number of piperidine rings is 1. The number of nitriles is 1. The molecule has 1 aliphatic carbocycles. The largest absolute Gasteiger partial charge is 0.300 e. The third kappa shape index (κ3) is 4.20. The van der Waals surface area contributed by atoms with Gasteiger partial charge in [-0.05, 0) is 71.4 Å². The van der Waals surface area contributed by atoms with Crippen molar-refractivity contribution in [1.82, 2.24) is 10.2 Å². The highest BCUT2D eigenvalue weighted by molar-refractivity contribution is 5.06. The highest BCUT2D eigenvalue weighted by Gasteiger charge is 2.37. The molecule has 21 heavy (non-hydrogen) atoms. The molecule has 2 aliphatic rings. The van der Waals surface area contributed by atoms with E-state index in [2.05, 4.69) is 37.1 Å². The first kappa shape index (κ1) is 16.8. The lowest BCUT2D eigenvalue weighted by atomic mass is 9.77. The molecule has 0 bridgehead atoms. The summed E-state index contributed by atoms with van der Waals surface area (Å²) in [4.78, 5) is 2.73. The second-order valence-corrected chi connectivity index (χ2v) is 7.42. The molecule has 1 saturated carbocycles. The summed E-state index contributed by atoms with van der Waals surface area (Å²) in [5.74, 6) is 0.923. The predicted molar refractivity (Wildman–Crippen MR) is 88.1 cm³/mol. The fourth-order valence-corrected chi connectivity index (χ4v) is 4.48. The Morgan fingerprint density at radius 1 is 1.29 bits per heavy atom. The lowest BCUT2D eigenvalue weighted by Crippen LogP contribution is -2.54. The van der Waals surface area contributed by atoms with Crippen LogP contribution in [-0.4, -0.2) is 35.6 Å². The summed E-state index contributed by atoms with van der Waals surface area (Å²) in [6.45, 7) is 8.73. The highest BCUT2D eigenvalue weighted by Crippen LogP contribution is 2.37. The van der Waals surface area contributed by atoms with Crippen LogP contribution in [0.25, 0.3) is 0 Å². The number of nitrogens with one attached hydrogen (secondary N) is 1. The molecule has 3 heteroatoms. The molecule has 2 unspecified atom stereocenters. The normalized spacial score (nSPS) is 31.0. The SMILES string of the molecule is CCCNC(C)(C#N)CC(C)N1CCC[C@H]2CCCC[C@H]21. The van der Waals surface area contributed by atoms with Crippen LogP contribution in [0.2, 0.25) is 0 Å². The molecule has 0 spiro atoms. The van der Waals surface area contributed by atoms with Crippen LogP contribution in [0.4, 0.5) is 0 Å². The van der Waals surface area contributed by atoms with E-state index in [0.717, 1.165) is 31.3 Å². The maximum absolute atomic E-state index is 9.56. The number of rotatable bonds is 6. The molecule has 2 rings (SSSR count). The van der Waals surface area contributed by atoms with E-state index < -0.39 is 0 Å². The molecule has 0 aromatic rings. The van der Waals surface area contributed by atoms with E-state index in [1.165, 1.54) is 45.1 Å². The Morgan fingerprint density at radius 3 is 2.71 bits per heavy atom. The van der Waals surface area contributed by atoms with Gasteiger partial charge in [-0.25, -0.2) is 0 Å². The first-order valence-corrected chi connectivity index (χ1v) is 9.01. The predicted octanol–water partition coefficient (Wildman–Crippen LogP) is 3.70. The summed E-state index contributed by atoms with van der Waals surface area (Å²) >= 11 is 0. The molecule has 0 amide bonds. The third-order valence-electron chi connectivity index (χ3n) is 5.57. The van der Waals surface area contributed by atoms with Gasteiger partial charge >= 0.3 is 0 Å². The first-order chi connectivity index (χ1) is 10.1. The van der Waals surface area contributed by atoms with Crippen LogP contribution >= 0.6 is 0 Å². The van der Waals surface area contributed by atoms with Crippen molar-refractivity contribution < 1.29 is 0 Å². The number of fused-ring (bicyclic) bond motifs is 1. The minimum absolute atomic E-state index is 0.378. The van der Waals surface area contributed by atoms with Crippen molar-refractivity contribution in [2.24, 2.45) is 5.92 Å². The number of hydrogen-bond acceptors (Lipinski definition) is 3. The lowest BCUT2D eigenvalue weighted by Gasteiger charge is -2.48. The highest BCUT2D eigenvalue weighted by atomic mass is 15.2. The smallest absolute Gasteiger partial charge is 0.105 e. The van der Waals surface area contributed by atoms with Crippen molar-refractivity contribution in [2.75, 3.05) is 13.1 Å². The van der Waals surface area contributed by atoms with Crippen LogP contribution in [0.15, 0.2) is 0 Å². The minimum Gasteiger partial charge on any atom is -0.300 e. The maximum Gasteiger partial charge on any atom is 0.105 e. The van der Waals surface area contributed by atoms with Crippen LogP contribution in [0.3, 0.4) is 0 Å². The summed E-state index contributed by atoms with van der Waals surface area (Å²) in [6, 6.07) is 3.81. The number of nitrogens with zero attached hydrogens (tertiary/aromatic N) is 2. The molecule has 120 valence electrons. The maximum atomic E-state index is 9.56. The van der Waals surface area contributed by atoms with Gasteiger partial charge in [0.15, 0.2) is 0 Å². The van der Waals surface area contributed by atoms with Gasteiger partial charge in [-0.15, -0.1) is 0 Å². The van der Waals surface area contributed by atoms with Crippen molar-refractivity contribution in [3.05, 3.63) is 0 Å². The number of hydrogen-bond donors (Lipinski definition) is 1. The van der Waals surface area contributed by atoms with Gasteiger partial charge in [0.2, 0.25) is 0 Å². The lowest BCUT2D eigenvalue weighted by molar-refractivity contribution is 0.0231. The standard InChI is InChI=1S/C18H33N3/c1-4-11-20-18(3,14-19)13-15(2)21-12-7-9-16-8-5-6-10-17(16)21/h15-17,20H,4-13H2,1-3H3/t15?,16-,17-,18?/m1/s1. The molecule has 1 heterocycles. The topological polar surface area (TPSA) is 39.1 Å². The van der Waals surface area contributed by atoms with E-state index in [4.69, 9.17) is 0 Å². The zero-order chi connectivity index (χ0) is 15.3. The van der Waals surface area contributed by atoms with E-state index in [1.54, 1.807) is 0 Å². The molecule has 1 aliphatic heterocycles. The van der Waals surface area contributed by atoms with E-state index in [9.17, 15) is 5.26 Å². The summed E-state index contributed by atoms with van der Waals surface area (Å²) in [5.41, 5.74) is -0.378. The van der Waals surface area contributed by atoms with E-state index in [-0.39, 0.29) is 5.54 Å². The second-order valence-electron chi connectivity index (χ2n) is 7.42. The molecule has 4 atom stereocenters. The summed E-state index contributed by atoms with van der Waals surface area (Å²) in [7, 11) is 0. The quantitative estimate of drug-likeness (QED) is 0.811. The molecule has 1 saturated heterocycles. The molecule has 0 aromatic heterocycles. The van der Waals surface area contributed by atoms with Crippen LogP contribution in [0.5, 0.6) is 0 Å².